The fourth-order valence-corrected chi connectivity index (χ4v) is 7.03. The molecule has 0 unspecified atom stereocenters. The number of hydrogen-bond donors (Lipinski definition) is 2. The minimum atomic E-state index is -3.86. The summed E-state index contributed by atoms with van der Waals surface area (Å²) in [5.74, 6) is 0. The Kier molecular flexibility index (Phi) is 6.51. The second-order valence-corrected chi connectivity index (χ2v) is 11.7. The molecule has 8 heteroatoms. The van der Waals surface area contributed by atoms with Crippen LogP contribution in [0.1, 0.15) is 60.8 Å². The third-order valence-corrected chi connectivity index (χ3v) is 8.91. The number of nitrogens with zero attached hydrogens (tertiary/aromatic N) is 2. The number of piperidine rings is 1. The molecule has 180 valence electrons. The molecular formula is C25H36N4O3S. The number of amides is 2. The van der Waals surface area contributed by atoms with E-state index in [2.05, 4.69) is 33.0 Å². The molecule has 0 spiro atoms. The van der Waals surface area contributed by atoms with Crippen LogP contribution in [0.5, 0.6) is 0 Å². The van der Waals surface area contributed by atoms with Crippen LogP contribution in [0.2, 0.25) is 0 Å². The van der Waals surface area contributed by atoms with Gasteiger partial charge >= 0.3 is 6.03 Å². The van der Waals surface area contributed by atoms with Crippen LogP contribution < -0.4 is 10.0 Å². The molecule has 2 saturated heterocycles. The maximum absolute atomic E-state index is 12.7. The number of urea groups is 1. The lowest BCUT2D eigenvalue weighted by Gasteiger charge is -2.37. The molecule has 5 rings (SSSR count). The van der Waals surface area contributed by atoms with Gasteiger partial charge in [-0.3, -0.25) is 4.90 Å². The lowest BCUT2D eigenvalue weighted by molar-refractivity contribution is 0.124. The number of aryl methyl sites for hydroxylation is 2. The fraction of sp³-hybridized carbons (Fsp3) is 0.640. The zero-order valence-corrected chi connectivity index (χ0v) is 20.4. The standard InChI is InChI=1S/C25H36N4O3S/c1-28-14-10-21(11-15-28)29-13-4-7-20(29)12-16-33(31,32)27-25(30)26-24-22-8-2-5-18(22)17-19-6-3-9-23(19)24/h12,16-17,20-21H,2-11,13-15H2,1H3,(H2,26,27,30)/b16-12+/t20-/m1/s1. The van der Waals surface area contributed by atoms with Crippen LogP contribution in [0.15, 0.2) is 17.6 Å². The lowest BCUT2D eigenvalue weighted by atomic mass is 9.99. The summed E-state index contributed by atoms with van der Waals surface area (Å²) in [4.78, 5) is 17.5. The van der Waals surface area contributed by atoms with Gasteiger partial charge in [0.1, 0.15) is 0 Å². The van der Waals surface area contributed by atoms with Gasteiger partial charge in [-0.05, 0) is 113 Å². The SMILES string of the molecule is CN1CCC(N2CCC[C@@H]2/C=C/S(=O)(=O)NC(=O)Nc2c3c(cc4c2CCC4)CCC3)CC1. The summed E-state index contributed by atoms with van der Waals surface area (Å²) >= 11 is 0. The molecule has 33 heavy (non-hydrogen) atoms. The molecular weight excluding hydrogens is 436 g/mol. The van der Waals surface area contributed by atoms with Crippen molar-refractivity contribution in [2.45, 2.75) is 76.3 Å². The van der Waals surface area contributed by atoms with Gasteiger partial charge in [-0.1, -0.05) is 12.1 Å². The van der Waals surface area contributed by atoms with E-state index in [0.29, 0.717) is 6.04 Å². The first-order valence-corrected chi connectivity index (χ1v) is 14.1. The molecule has 1 aromatic rings. The average molecular weight is 473 g/mol. The summed E-state index contributed by atoms with van der Waals surface area (Å²) in [5, 5.41) is 4.11. The molecule has 0 radical (unpaired) electrons. The van der Waals surface area contributed by atoms with E-state index in [1.54, 1.807) is 6.08 Å². The first-order valence-electron chi connectivity index (χ1n) is 12.5. The zero-order valence-electron chi connectivity index (χ0n) is 19.6. The second-order valence-electron chi connectivity index (χ2n) is 10.1. The van der Waals surface area contributed by atoms with Crippen molar-refractivity contribution in [3.63, 3.8) is 0 Å². The van der Waals surface area contributed by atoms with Gasteiger partial charge in [-0.15, -0.1) is 0 Å². The molecule has 2 amide bonds. The zero-order chi connectivity index (χ0) is 23.0. The normalized spacial score (nSPS) is 24.3. The summed E-state index contributed by atoms with van der Waals surface area (Å²) in [6.07, 6.45) is 12.2. The molecule has 1 aromatic carbocycles. The summed E-state index contributed by atoms with van der Waals surface area (Å²) in [6.45, 7) is 3.19. The number of sulfonamides is 1. The molecule has 0 aromatic heterocycles. The van der Waals surface area contributed by atoms with Crippen molar-refractivity contribution in [2.24, 2.45) is 0 Å². The van der Waals surface area contributed by atoms with Crippen LogP contribution in [-0.4, -0.2) is 63.0 Å². The molecule has 2 heterocycles. The van der Waals surface area contributed by atoms with Gasteiger partial charge in [0.2, 0.25) is 0 Å². The van der Waals surface area contributed by atoms with Crippen molar-refractivity contribution in [1.82, 2.24) is 14.5 Å². The molecule has 2 fully saturated rings. The fourth-order valence-electron chi connectivity index (χ4n) is 6.26. The Balaban J connectivity index is 1.24. The smallest absolute Gasteiger partial charge is 0.307 e. The molecule has 0 bridgehead atoms. The highest BCUT2D eigenvalue weighted by molar-refractivity contribution is 7.92. The highest BCUT2D eigenvalue weighted by Gasteiger charge is 2.31. The lowest BCUT2D eigenvalue weighted by Crippen LogP contribution is -2.45. The number of hydrogen-bond acceptors (Lipinski definition) is 5. The van der Waals surface area contributed by atoms with E-state index < -0.39 is 16.1 Å². The van der Waals surface area contributed by atoms with Gasteiger partial charge < -0.3 is 10.2 Å². The third-order valence-electron chi connectivity index (χ3n) is 7.93. The minimum Gasteiger partial charge on any atom is -0.307 e. The van der Waals surface area contributed by atoms with Crippen molar-refractivity contribution in [3.05, 3.63) is 39.8 Å². The first-order chi connectivity index (χ1) is 15.9. The van der Waals surface area contributed by atoms with Crippen molar-refractivity contribution in [2.75, 3.05) is 32.0 Å². The van der Waals surface area contributed by atoms with Crippen LogP contribution >= 0.6 is 0 Å². The number of carbonyl (C=O) groups is 1. The molecule has 7 nitrogen and oxygen atoms in total. The van der Waals surface area contributed by atoms with Crippen LogP contribution in [0.25, 0.3) is 0 Å². The molecule has 2 N–H and O–H groups in total. The van der Waals surface area contributed by atoms with Gasteiger partial charge in [-0.25, -0.2) is 17.9 Å². The molecule has 0 saturated carbocycles. The molecule has 2 aliphatic carbocycles. The number of carbonyl (C=O) groups excluding carboxylic acids is 1. The van der Waals surface area contributed by atoms with Crippen molar-refractivity contribution in [3.8, 4) is 0 Å². The second kappa shape index (κ2) is 9.39. The van der Waals surface area contributed by atoms with E-state index in [9.17, 15) is 13.2 Å². The maximum atomic E-state index is 12.7. The van der Waals surface area contributed by atoms with E-state index in [1.165, 1.54) is 27.7 Å². The van der Waals surface area contributed by atoms with Crippen molar-refractivity contribution >= 4 is 21.7 Å². The number of likely N-dealkylation sites (tertiary alicyclic amines) is 2. The summed E-state index contributed by atoms with van der Waals surface area (Å²) in [6, 6.07) is 2.27. The van der Waals surface area contributed by atoms with Crippen molar-refractivity contribution < 1.29 is 13.2 Å². The minimum absolute atomic E-state index is 0.124. The predicted molar refractivity (Wildman–Crippen MR) is 131 cm³/mol. The highest BCUT2D eigenvalue weighted by Crippen LogP contribution is 2.38. The Morgan fingerprint density at radius 3 is 2.30 bits per heavy atom. The van der Waals surface area contributed by atoms with E-state index in [-0.39, 0.29) is 6.04 Å². The van der Waals surface area contributed by atoms with Gasteiger partial charge in [0.25, 0.3) is 10.0 Å². The molecule has 4 aliphatic rings. The molecule has 2 aliphatic heterocycles. The number of nitrogens with one attached hydrogen (secondary N) is 2. The van der Waals surface area contributed by atoms with Gasteiger partial charge in [0, 0.05) is 23.2 Å². The number of rotatable bonds is 5. The van der Waals surface area contributed by atoms with E-state index in [1.807, 2.05) is 0 Å². The average Bonchev–Trinajstić information content (AvgIpc) is 3.53. The van der Waals surface area contributed by atoms with Crippen molar-refractivity contribution in [1.29, 1.82) is 0 Å². The Bertz CT molecular complexity index is 1010. The largest absolute Gasteiger partial charge is 0.333 e. The van der Waals surface area contributed by atoms with Gasteiger partial charge in [0.05, 0.1) is 0 Å². The topological polar surface area (TPSA) is 81.8 Å². The van der Waals surface area contributed by atoms with E-state index in [0.717, 1.165) is 89.5 Å². The number of fused-ring (bicyclic) bond motifs is 2. The van der Waals surface area contributed by atoms with Crippen LogP contribution in [-0.2, 0) is 35.7 Å². The molecule has 1 atom stereocenters. The number of benzene rings is 1. The van der Waals surface area contributed by atoms with Crippen LogP contribution in [0.4, 0.5) is 10.5 Å². The van der Waals surface area contributed by atoms with Crippen LogP contribution in [0, 0.1) is 0 Å². The highest BCUT2D eigenvalue weighted by atomic mass is 32.2. The quantitative estimate of drug-likeness (QED) is 0.688. The van der Waals surface area contributed by atoms with E-state index in [4.69, 9.17) is 0 Å². The summed E-state index contributed by atoms with van der Waals surface area (Å²) in [7, 11) is -1.71. The Morgan fingerprint density at radius 1 is 0.970 bits per heavy atom. The van der Waals surface area contributed by atoms with Crippen LogP contribution in [0.3, 0.4) is 0 Å². The van der Waals surface area contributed by atoms with E-state index >= 15 is 0 Å². The summed E-state index contributed by atoms with van der Waals surface area (Å²) < 4.78 is 27.6. The Morgan fingerprint density at radius 2 is 1.64 bits per heavy atom. The Hall–Kier alpha value is -1.90. The predicted octanol–water partition coefficient (Wildman–Crippen LogP) is 3.19. The number of anilines is 1. The summed E-state index contributed by atoms with van der Waals surface area (Å²) in [5.41, 5.74) is 5.86. The first kappa shape index (κ1) is 22.9. The third kappa shape index (κ3) is 4.98. The monoisotopic (exact) mass is 472 g/mol. The van der Waals surface area contributed by atoms with Gasteiger partial charge in [0.15, 0.2) is 0 Å². The van der Waals surface area contributed by atoms with Gasteiger partial charge in [-0.2, -0.15) is 0 Å². The maximum Gasteiger partial charge on any atom is 0.333 e. The Labute approximate surface area is 197 Å².